The van der Waals surface area contributed by atoms with Gasteiger partial charge in [-0.1, -0.05) is 13.3 Å². The molecule has 0 radical (unpaired) electrons. The Balaban J connectivity index is 3.00. The van der Waals surface area contributed by atoms with Crippen LogP contribution >= 0.6 is 31.9 Å². The van der Waals surface area contributed by atoms with Crippen molar-refractivity contribution in [1.29, 1.82) is 0 Å². The van der Waals surface area contributed by atoms with Crippen LogP contribution in [0.15, 0.2) is 21.1 Å². The second kappa shape index (κ2) is 5.14. The van der Waals surface area contributed by atoms with Crippen molar-refractivity contribution in [3.8, 4) is 0 Å². The highest BCUT2D eigenvalue weighted by Crippen LogP contribution is 2.32. The zero-order valence-corrected chi connectivity index (χ0v) is 11.2. The quantitative estimate of drug-likeness (QED) is 0.836. The first kappa shape index (κ1) is 12.0. The van der Waals surface area contributed by atoms with E-state index >= 15 is 0 Å². The lowest BCUT2D eigenvalue weighted by Crippen LogP contribution is -2.10. The first-order valence-electron chi connectivity index (χ1n) is 4.56. The molecule has 1 atom stereocenters. The molecule has 0 unspecified atom stereocenters. The number of nitrogens with two attached hydrogens (primary N) is 2. The Kier molecular flexibility index (Phi) is 4.41. The molecule has 1 aromatic rings. The Morgan fingerprint density at radius 2 is 1.79 bits per heavy atom. The number of hydrogen-bond donors (Lipinski definition) is 2. The molecule has 1 rings (SSSR count). The third-order valence-corrected chi connectivity index (χ3v) is 3.44. The van der Waals surface area contributed by atoms with Crippen molar-refractivity contribution in [2.75, 3.05) is 5.73 Å². The number of benzene rings is 1. The molecule has 0 aliphatic heterocycles. The van der Waals surface area contributed by atoms with Crippen LogP contribution in [0.1, 0.15) is 31.4 Å². The molecule has 2 nitrogen and oxygen atoms in total. The lowest BCUT2D eigenvalue weighted by Gasteiger charge is -2.13. The van der Waals surface area contributed by atoms with E-state index in [-0.39, 0.29) is 6.04 Å². The SMILES string of the molecule is CCC[C@@H](N)c1cc(Br)c(N)c(Br)c1. The summed E-state index contributed by atoms with van der Waals surface area (Å²) in [6, 6.07) is 4.06. The molecule has 4 heteroatoms. The highest BCUT2D eigenvalue weighted by Gasteiger charge is 2.09. The van der Waals surface area contributed by atoms with Gasteiger partial charge in [0.25, 0.3) is 0 Å². The zero-order valence-electron chi connectivity index (χ0n) is 8.06. The second-order valence-electron chi connectivity index (χ2n) is 3.29. The minimum Gasteiger partial charge on any atom is -0.397 e. The Hall–Kier alpha value is -0.0600. The fourth-order valence-electron chi connectivity index (χ4n) is 1.30. The van der Waals surface area contributed by atoms with Crippen molar-refractivity contribution in [2.24, 2.45) is 5.73 Å². The lowest BCUT2D eigenvalue weighted by atomic mass is 10.0. The van der Waals surface area contributed by atoms with Crippen molar-refractivity contribution in [2.45, 2.75) is 25.8 Å². The molecule has 0 aliphatic carbocycles. The summed E-state index contributed by atoms with van der Waals surface area (Å²) in [7, 11) is 0. The van der Waals surface area contributed by atoms with E-state index in [0.29, 0.717) is 0 Å². The molecule has 0 spiro atoms. The molecular formula is C10H14Br2N2. The van der Waals surface area contributed by atoms with Crippen molar-refractivity contribution >= 4 is 37.5 Å². The molecule has 0 saturated carbocycles. The average molecular weight is 322 g/mol. The zero-order chi connectivity index (χ0) is 10.7. The third-order valence-electron chi connectivity index (χ3n) is 2.13. The largest absolute Gasteiger partial charge is 0.397 e. The van der Waals surface area contributed by atoms with E-state index in [1.54, 1.807) is 0 Å². The summed E-state index contributed by atoms with van der Waals surface area (Å²) in [5.74, 6) is 0. The van der Waals surface area contributed by atoms with Crippen molar-refractivity contribution in [1.82, 2.24) is 0 Å². The summed E-state index contributed by atoms with van der Waals surface area (Å²) in [6.07, 6.45) is 2.07. The van der Waals surface area contributed by atoms with Crippen LogP contribution in [-0.2, 0) is 0 Å². The highest BCUT2D eigenvalue weighted by molar-refractivity contribution is 9.11. The van der Waals surface area contributed by atoms with E-state index in [4.69, 9.17) is 11.5 Å². The Labute approximate surface area is 101 Å². The summed E-state index contributed by atoms with van der Waals surface area (Å²) in [5.41, 5.74) is 13.6. The summed E-state index contributed by atoms with van der Waals surface area (Å²) >= 11 is 6.81. The van der Waals surface area contributed by atoms with Gasteiger partial charge in [0, 0.05) is 15.0 Å². The van der Waals surface area contributed by atoms with Gasteiger partial charge in [0.1, 0.15) is 0 Å². The van der Waals surface area contributed by atoms with Gasteiger partial charge in [-0.2, -0.15) is 0 Å². The standard InChI is InChI=1S/C10H14Br2N2/c1-2-3-9(13)6-4-7(11)10(14)8(12)5-6/h4-5,9H,2-3,13-14H2,1H3/t9-/m1/s1. The van der Waals surface area contributed by atoms with Crippen molar-refractivity contribution in [3.05, 3.63) is 26.6 Å². The predicted octanol–water partition coefficient (Wildman–Crippen LogP) is 3.59. The molecular weight excluding hydrogens is 308 g/mol. The maximum absolute atomic E-state index is 6.01. The molecule has 4 N–H and O–H groups in total. The van der Waals surface area contributed by atoms with Crippen LogP contribution < -0.4 is 11.5 Å². The number of halogens is 2. The Bertz CT molecular complexity index is 303. The van der Waals surface area contributed by atoms with Gasteiger partial charge in [0.2, 0.25) is 0 Å². The fourth-order valence-corrected chi connectivity index (χ4v) is 2.52. The number of rotatable bonds is 3. The predicted molar refractivity (Wildman–Crippen MR) is 68.1 cm³/mol. The van der Waals surface area contributed by atoms with E-state index in [1.165, 1.54) is 0 Å². The van der Waals surface area contributed by atoms with Gasteiger partial charge >= 0.3 is 0 Å². The molecule has 0 aliphatic rings. The molecule has 14 heavy (non-hydrogen) atoms. The summed E-state index contributed by atoms with van der Waals surface area (Å²) in [5, 5.41) is 0. The molecule has 0 bridgehead atoms. The third kappa shape index (κ3) is 2.72. The van der Waals surface area contributed by atoms with E-state index in [9.17, 15) is 0 Å². The molecule has 78 valence electrons. The van der Waals surface area contributed by atoms with Gasteiger partial charge in [-0.15, -0.1) is 0 Å². The number of nitrogen functional groups attached to an aromatic ring is 1. The second-order valence-corrected chi connectivity index (χ2v) is 5.00. The van der Waals surface area contributed by atoms with Crippen LogP contribution in [0, 0.1) is 0 Å². The Morgan fingerprint density at radius 3 is 2.21 bits per heavy atom. The first-order chi connectivity index (χ1) is 6.56. The normalized spacial score (nSPS) is 12.9. The molecule has 0 aromatic heterocycles. The van der Waals surface area contributed by atoms with Gasteiger partial charge in [0.05, 0.1) is 5.69 Å². The minimum absolute atomic E-state index is 0.0909. The number of hydrogen-bond acceptors (Lipinski definition) is 2. The molecule has 0 saturated heterocycles. The van der Waals surface area contributed by atoms with Gasteiger partial charge in [-0.3, -0.25) is 0 Å². The Morgan fingerprint density at radius 1 is 1.29 bits per heavy atom. The molecule has 0 amide bonds. The van der Waals surface area contributed by atoms with Crippen LogP contribution in [0.5, 0.6) is 0 Å². The van der Waals surface area contributed by atoms with E-state index in [0.717, 1.165) is 33.0 Å². The lowest BCUT2D eigenvalue weighted by molar-refractivity contribution is 0.638. The summed E-state index contributed by atoms with van der Waals surface area (Å²) in [6.45, 7) is 2.13. The maximum Gasteiger partial charge on any atom is 0.0603 e. The van der Waals surface area contributed by atoms with Gasteiger partial charge in [0.15, 0.2) is 0 Å². The van der Waals surface area contributed by atoms with E-state index in [2.05, 4.69) is 38.8 Å². The highest BCUT2D eigenvalue weighted by atomic mass is 79.9. The first-order valence-corrected chi connectivity index (χ1v) is 6.14. The van der Waals surface area contributed by atoms with E-state index in [1.807, 2.05) is 12.1 Å². The van der Waals surface area contributed by atoms with Gasteiger partial charge in [-0.25, -0.2) is 0 Å². The number of anilines is 1. The fraction of sp³-hybridized carbons (Fsp3) is 0.400. The van der Waals surface area contributed by atoms with Gasteiger partial charge < -0.3 is 11.5 Å². The van der Waals surface area contributed by atoms with Crippen molar-refractivity contribution in [3.63, 3.8) is 0 Å². The summed E-state index contributed by atoms with van der Waals surface area (Å²) in [4.78, 5) is 0. The molecule has 1 aromatic carbocycles. The molecule has 0 fully saturated rings. The smallest absolute Gasteiger partial charge is 0.0603 e. The van der Waals surface area contributed by atoms with Gasteiger partial charge in [-0.05, 0) is 56.0 Å². The maximum atomic E-state index is 6.01. The van der Waals surface area contributed by atoms with Crippen LogP contribution in [-0.4, -0.2) is 0 Å². The monoisotopic (exact) mass is 320 g/mol. The minimum atomic E-state index is 0.0909. The topological polar surface area (TPSA) is 52.0 Å². The van der Waals surface area contributed by atoms with Crippen molar-refractivity contribution < 1.29 is 0 Å². The van der Waals surface area contributed by atoms with Crippen LogP contribution in [0.25, 0.3) is 0 Å². The van der Waals surface area contributed by atoms with Crippen LogP contribution in [0.2, 0.25) is 0 Å². The van der Waals surface area contributed by atoms with Crippen LogP contribution in [0.4, 0.5) is 5.69 Å². The van der Waals surface area contributed by atoms with Crippen LogP contribution in [0.3, 0.4) is 0 Å². The van der Waals surface area contributed by atoms with E-state index < -0.39 is 0 Å². The molecule has 0 heterocycles. The summed E-state index contributed by atoms with van der Waals surface area (Å²) < 4.78 is 1.79. The average Bonchev–Trinajstić information content (AvgIpc) is 2.13.